The van der Waals surface area contributed by atoms with E-state index in [9.17, 15) is 14.7 Å². The van der Waals surface area contributed by atoms with Gasteiger partial charge < -0.3 is 21.9 Å². The first-order valence-corrected chi connectivity index (χ1v) is 6.09. The zero-order chi connectivity index (χ0) is 15.4. The number of hydrogen-bond donors (Lipinski definition) is 4. The van der Waals surface area contributed by atoms with Crippen molar-refractivity contribution in [2.24, 2.45) is 5.73 Å². The maximum atomic E-state index is 11.7. The summed E-state index contributed by atoms with van der Waals surface area (Å²) >= 11 is 0. The Labute approximate surface area is 120 Å². The van der Waals surface area contributed by atoms with Crippen LogP contribution in [0.3, 0.4) is 0 Å². The molecular formula is C14H14N4O3. The van der Waals surface area contributed by atoms with Crippen LogP contribution in [0.5, 0.6) is 5.75 Å². The molecule has 6 N–H and O–H groups in total. The molecule has 0 fully saturated rings. The summed E-state index contributed by atoms with van der Waals surface area (Å²) in [4.78, 5) is 26.2. The molecule has 7 nitrogen and oxygen atoms in total. The number of aromatic nitrogens is 1. The van der Waals surface area contributed by atoms with Crippen LogP contribution >= 0.6 is 0 Å². The van der Waals surface area contributed by atoms with E-state index < -0.39 is 11.8 Å². The Kier molecular flexibility index (Phi) is 4.03. The molecule has 0 radical (unpaired) electrons. The summed E-state index contributed by atoms with van der Waals surface area (Å²) in [5.41, 5.74) is 12.4. The van der Waals surface area contributed by atoms with Crippen LogP contribution in [0.4, 0.5) is 5.69 Å². The first-order chi connectivity index (χ1) is 9.97. The molecule has 0 spiro atoms. The minimum absolute atomic E-state index is 0.177. The zero-order valence-electron chi connectivity index (χ0n) is 11.0. The topological polar surface area (TPSA) is 131 Å². The van der Waals surface area contributed by atoms with Crippen LogP contribution in [0.2, 0.25) is 0 Å². The minimum atomic E-state index is -0.681. The average Bonchev–Trinajstić information content (AvgIpc) is 2.44. The third-order valence-corrected chi connectivity index (χ3v) is 2.73. The number of amides is 2. The highest BCUT2D eigenvalue weighted by Crippen LogP contribution is 2.25. The third kappa shape index (κ3) is 3.47. The molecule has 21 heavy (non-hydrogen) atoms. The number of aromatic hydroxyl groups is 1. The number of nitrogens with zero attached hydrogens (tertiary/aromatic N) is 1. The Morgan fingerprint density at radius 3 is 2.62 bits per heavy atom. The highest BCUT2D eigenvalue weighted by molar-refractivity contribution is 5.97. The molecular weight excluding hydrogens is 272 g/mol. The van der Waals surface area contributed by atoms with Crippen molar-refractivity contribution in [1.82, 2.24) is 10.3 Å². The van der Waals surface area contributed by atoms with Gasteiger partial charge in [0.05, 0.1) is 6.54 Å². The number of benzene rings is 1. The van der Waals surface area contributed by atoms with Gasteiger partial charge in [-0.1, -0.05) is 12.1 Å². The number of primary amides is 1. The molecule has 0 unspecified atom stereocenters. The lowest BCUT2D eigenvalue weighted by Crippen LogP contribution is -2.33. The number of rotatable bonds is 4. The second-order valence-electron chi connectivity index (χ2n) is 4.37. The molecule has 0 aliphatic heterocycles. The lowest BCUT2D eigenvalue weighted by atomic mass is 10.1. The summed E-state index contributed by atoms with van der Waals surface area (Å²) in [6, 6.07) is 8.45. The van der Waals surface area contributed by atoms with Gasteiger partial charge in [0.25, 0.3) is 5.91 Å². The maximum absolute atomic E-state index is 11.7. The highest BCUT2D eigenvalue weighted by Gasteiger charge is 2.14. The van der Waals surface area contributed by atoms with Crippen LogP contribution in [-0.4, -0.2) is 28.4 Å². The fraction of sp³-hybridized carbons (Fsp3) is 0.0714. The van der Waals surface area contributed by atoms with Gasteiger partial charge in [0.2, 0.25) is 5.91 Å². The molecule has 108 valence electrons. The Hall–Kier alpha value is -3.09. The standard InChI is InChI=1S/C14H14N4O3/c15-10-3-1-2-8(4-10)9-5-11(19)13(17-6-9)14(21)18-7-12(16)20/h1-6,19H,7,15H2,(H2,16,20)(H,18,21). The van der Waals surface area contributed by atoms with Gasteiger partial charge in [-0.2, -0.15) is 0 Å². The number of nitrogens with one attached hydrogen (secondary N) is 1. The molecule has 0 bridgehead atoms. The van der Waals surface area contributed by atoms with Crippen molar-refractivity contribution in [3.05, 3.63) is 42.2 Å². The zero-order valence-corrected chi connectivity index (χ0v) is 11.0. The van der Waals surface area contributed by atoms with E-state index in [1.54, 1.807) is 24.3 Å². The molecule has 1 aromatic carbocycles. The molecule has 0 aliphatic rings. The third-order valence-electron chi connectivity index (χ3n) is 2.73. The molecule has 0 atom stereocenters. The molecule has 0 saturated heterocycles. The van der Waals surface area contributed by atoms with E-state index in [2.05, 4.69) is 10.3 Å². The number of carbonyl (C=O) groups excluding carboxylic acids is 2. The van der Waals surface area contributed by atoms with Gasteiger partial charge in [0.15, 0.2) is 5.69 Å². The smallest absolute Gasteiger partial charge is 0.274 e. The van der Waals surface area contributed by atoms with Crippen molar-refractivity contribution >= 4 is 17.5 Å². The summed E-state index contributed by atoms with van der Waals surface area (Å²) < 4.78 is 0. The van der Waals surface area contributed by atoms with Gasteiger partial charge in [0, 0.05) is 17.4 Å². The number of anilines is 1. The van der Waals surface area contributed by atoms with Crippen molar-refractivity contribution < 1.29 is 14.7 Å². The quantitative estimate of drug-likeness (QED) is 0.598. The molecule has 7 heteroatoms. The number of hydrogen-bond acceptors (Lipinski definition) is 5. The van der Waals surface area contributed by atoms with Crippen LogP contribution < -0.4 is 16.8 Å². The van der Waals surface area contributed by atoms with Gasteiger partial charge in [-0.15, -0.1) is 0 Å². The number of carbonyl (C=O) groups is 2. The summed E-state index contributed by atoms with van der Waals surface area (Å²) in [6.07, 6.45) is 1.44. The summed E-state index contributed by atoms with van der Waals surface area (Å²) in [5, 5.41) is 12.1. The Balaban J connectivity index is 2.25. The minimum Gasteiger partial charge on any atom is -0.505 e. The highest BCUT2D eigenvalue weighted by atomic mass is 16.3. The number of nitrogens with two attached hydrogens (primary N) is 2. The molecule has 0 saturated carbocycles. The van der Waals surface area contributed by atoms with E-state index in [1.165, 1.54) is 12.3 Å². The predicted octanol–water partition coefficient (Wildman–Crippen LogP) is 0.251. The van der Waals surface area contributed by atoms with Gasteiger partial charge in [0.1, 0.15) is 5.75 Å². The second kappa shape index (κ2) is 5.91. The molecule has 2 amide bonds. The SMILES string of the molecule is NC(=O)CNC(=O)c1ncc(-c2cccc(N)c2)cc1O. The van der Waals surface area contributed by atoms with Crippen molar-refractivity contribution in [2.45, 2.75) is 0 Å². The summed E-state index contributed by atoms with van der Waals surface area (Å²) in [6.45, 7) is -0.322. The molecule has 2 rings (SSSR count). The molecule has 1 aromatic heterocycles. The van der Waals surface area contributed by atoms with Crippen LogP contribution in [-0.2, 0) is 4.79 Å². The monoisotopic (exact) mass is 286 g/mol. The lowest BCUT2D eigenvalue weighted by Gasteiger charge is -2.07. The average molecular weight is 286 g/mol. The van der Waals surface area contributed by atoms with Crippen LogP contribution in [0.1, 0.15) is 10.5 Å². The Bertz CT molecular complexity index is 700. The molecule has 0 aliphatic carbocycles. The largest absolute Gasteiger partial charge is 0.505 e. The van der Waals surface area contributed by atoms with Crippen molar-refractivity contribution in [2.75, 3.05) is 12.3 Å². The van der Waals surface area contributed by atoms with E-state index >= 15 is 0 Å². The predicted molar refractivity (Wildman–Crippen MR) is 77.3 cm³/mol. The Morgan fingerprint density at radius 1 is 1.24 bits per heavy atom. The van der Waals surface area contributed by atoms with Crippen LogP contribution in [0.15, 0.2) is 36.5 Å². The second-order valence-corrected chi connectivity index (χ2v) is 4.37. The van der Waals surface area contributed by atoms with Crippen molar-refractivity contribution in [3.63, 3.8) is 0 Å². The van der Waals surface area contributed by atoms with E-state index in [0.717, 1.165) is 5.56 Å². The fourth-order valence-electron chi connectivity index (χ4n) is 1.76. The summed E-state index contributed by atoms with van der Waals surface area (Å²) in [5.74, 6) is -1.65. The van der Waals surface area contributed by atoms with E-state index in [4.69, 9.17) is 11.5 Å². The van der Waals surface area contributed by atoms with Crippen molar-refractivity contribution in [3.8, 4) is 16.9 Å². The molecule has 1 heterocycles. The fourth-order valence-corrected chi connectivity index (χ4v) is 1.76. The van der Waals surface area contributed by atoms with Gasteiger partial charge in [-0.05, 0) is 23.8 Å². The van der Waals surface area contributed by atoms with Gasteiger partial charge in [-0.3, -0.25) is 9.59 Å². The first-order valence-electron chi connectivity index (χ1n) is 6.09. The Morgan fingerprint density at radius 2 is 2.00 bits per heavy atom. The van der Waals surface area contributed by atoms with Gasteiger partial charge >= 0.3 is 0 Å². The number of nitrogen functional groups attached to an aromatic ring is 1. The van der Waals surface area contributed by atoms with E-state index in [-0.39, 0.29) is 18.0 Å². The van der Waals surface area contributed by atoms with Crippen LogP contribution in [0, 0.1) is 0 Å². The lowest BCUT2D eigenvalue weighted by molar-refractivity contribution is -0.117. The van der Waals surface area contributed by atoms with Gasteiger partial charge in [-0.25, -0.2) is 4.98 Å². The molecule has 2 aromatic rings. The maximum Gasteiger partial charge on any atom is 0.274 e. The van der Waals surface area contributed by atoms with Crippen molar-refractivity contribution in [1.29, 1.82) is 0 Å². The summed E-state index contributed by atoms with van der Waals surface area (Å²) in [7, 11) is 0. The van der Waals surface area contributed by atoms with E-state index in [0.29, 0.717) is 11.3 Å². The number of pyridine rings is 1. The first kappa shape index (κ1) is 14.3. The van der Waals surface area contributed by atoms with Crippen LogP contribution in [0.25, 0.3) is 11.1 Å². The normalized spacial score (nSPS) is 10.1. The van der Waals surface area contributed by atoms with E-state index in [1.807, 2.05) is 0 Å².